The molecule has 0 aliphatic rings. The SMILES string of the molecule is CC(C)NCc1cccc(OCC#N)c1. The molecule has 0 heterocycles. The Balaban J connectivity index is 2.54. The van der Waals surface area contributed by atoms with E-state index in [0.717, 1.165) is 12.3 Å². The summed E-state index contributed by atoms with van der Waals surface area (Å²) in [6.07, 6.45) is 0. The molecule has 1 N–H and O–H groups in total. The van der Waals surface area contributed by atoms with Crippen LogP contribution in [0, 0.1) is 11.3 Å². The molecule has 0 bridgehead atoms. The van der Waals surface area contributed by atoms with E-state index in [1.54, 1.807) is 0 Å². The van der Waals surface area contributed by atoms with Gasteiger partial charge in [-0.2, -0.15) is 5.26 Å². The van der Waals surface area contributed by atoms with Gasteiger partial charge in [0.05, 0.1) is 0 Å². The Morgan fingerprint density at radius 3 is 2.93 bits per heavy atom. The van der Waals surface area contributed by atoms with Gasteiger partial charge in [-0.1, -0.05) is 26.0 Å². The summed E-state index contributed by atoms with van der Waals surface area (Å²) in [5, 5.41) is 11.7. The lowest BCUT2D eigenvalue weighted by molar-refractivity contribution is 0.367. The number of ether oxygens (including phenoxy) is 1. The van der Waals surface area contributed by atoms with Crippen LogP contribution in [0.3, 0.4) is 0 Å². The Kier molecular flexibility index (Phi) is 4.65. The van der Waals surface area contributed by atoms with Crippen molar-refractivity contribution in [1.29, 1.82) is 5.26 Å². The van der Waals surface area contributed by atoms with Gasteiger partial charge in [0, 0.05) is 12.6 Å². The summed E-state index contributed by atoms with van der Waals surface area (Å²) >= 11 is 0. The van der Waals surface area contributed by atoms with E-state index in [2.05, 4.69) is 19.2 Å². The molecule has 1 rings (SSSR count). The molecule has 0 aromatic heterocycles. The van der Waals surface area contributed by atoms with Gasteiger partial charge in [-0.05, 0) is 17.7 Å². The van der Waals surface area contributed by atoms with Crippen LogP contribution in [-0.4, -0.2) is 12.6 Å². The third-order valence-electron chi connectivity index (χ3n) is 1.92. The molecule has 0 unspecified atom stereocenters. The first-order valence-electron chi connectivity index (χ1n) is 5.04. The third-order valence-corrected chi connectivity index (χ3v) is 1.92. The van der Waals surface area contributed by atoms with Crippen molar-refractivity contribution in [1.82, 2.24) is 5.32 Å². The summed E-state index contributed by atoms with van der Waals surface area (Å²) < 4.78 is 5.21. The van der Waals surface area contributed by atoms with Crippen LogP contribution >= 0.6 is 0 Å². The van der Waals surface area contributed by atoms with Crippen molar-refractivity contribution >= 4 is 0 Å². The Morgan fingerprint density at radius 2 is 2.27 bits per heavy atom. The lowest BCUT2D eigenvalue weighted by atomic mass is 10.2. The molecule has 1 aromatic rings. The summed E-state index contributed by atoms with van der Waals surface area (Å²) in [5.41, 5.74) is 1.17. The Hall–Kier alpha value is -1.53. The Bertz CT molecular complexity index is 342. The Labute approximate surface area is 90.7 Å². The fraction of sp³-hybridized carbons (Fsp3) is 0.417. The molecule has 1 aromatic carbocycles. The lowest BCUT2D eigenvalue weighted by Gasteiger charge is -2.09. The maximum absolute atomic E-state index is 8.39. The number of benzene rings is 1. The van der Waals surface area contributed by atoms with Crippen LogP contribution in [0.2, 0.25) is 0 Å². The van der Waals surface area contributed by atoms with E-state index in [-0.39, 0.29) is 6.61 Å². The van der Waals surface area contributed by atoms with Crippen LogP contribution in [-0.2, 0) is 6.54 Å². The van der Waals surface area contributed by atoms with Crippen molar-refractivity contribution in [2.45, 2.75) is 26.4 Å². The number of nitrogens with zero attached hydrogens (tertiary/aromatic N) is 1. The van der Waals surface area contributed by atoms with Gasteiger partial charge in [0.2, 0.25) is 0 Å². The second-order valence-electron chi connectivity index (χ2n) is 3.63. The number of hydrogen-bond acceptors (Lipinski definition) is 3. The van der Waals surface area contributed by atoms with E-state index < -0.39 is 0 Å². The molecule has 0 aliphatic carbocycles. The summed E-state index contributed by atoms with van der Waals surface area (Å²) in [5.74, 6) is 0.750. The van der Waals surface area contributed by atoms with Gasteiger partial charge in [-0.3, -0.25) is 0 Å². The predicted octanol–water partition coefficient (Wildman–Crippen LogP) is 2.09. The minimum atomic E-state index is 0.0983. The van der Waals surface area contributed by atoms with Gasteiger partial charge in [-0.25, -0.2) is 0 Å². The second kappa shape index (κ2) is 6.05. The van der Waals surface area contributed by atoms with Gasteiger partial charge in [0.15, 0.2) is 6.61 Å². The van der Waals surface area contributed by atoms with Crippen molar-refractivity contribution < 1.29 is 4.74 Å². The molecule has 0 fully saturated rings. The second-order valence-corrected chi connectivity index (χ2v) is 3.63. The maximum Gasteiger partial charge on any atom is 0.174 e. The van der Waals surface area contributed by atoms with E-state index in [1.165, 1.54) is 5.56 Å². The number of hydrogen-bond donors (Lipinski definition) is 1. The third kappa shape index (κ3) is 4.48. The van der Waals surface area contributed by atoms with E-state index >= 15 is 0 Å². The van der Waals surface area contributed by atoms with Crippen LogP contribution in [0.15, 0.2) is 24.3 Å². The first-order chi connectivity index (χ1) is 7.22. The van der Waals surface area contributed by atoms with Gasteiger partial charge >= 0.3 is 0 Å². The van der Waals surface area contributed by atoms with Crippen LogP contribution in [0.1, 0.15) is 19.4 Å². The predicted molar refractivity (Wildman–Crippen MR) is 59.5 cm³/mol. The van der Waals surface area contributed by atoms with Crippen molar-refractivity contribution in [3.8, 4) is 11.8 Å². The van der Waals surface area contributed by atoms with Crippen molar-refractivity contribution in [2.75, 3.05) is 6.61 Å². The molecule has 15 heavy (non-hydrogen) atoms. The topological polar surface area (TPSA) is 45.0 Å². The minimum absolute atomic E-state index is 0.0983. The molecule has 80 valence electrons. The summed E-state index contributed by atoms with van der Waals surface area (Å²) in [4.78, 5) is 0. The average molecular weight is 204 g/mol. The molecule has 0 saturated heterocycles. The molecule has 0 aliphatic heterocycles. The Morgan fingerprint density at radius 1 is 1.47 bits per heavy atom. The normalized spacial score (nSPS) is 10.0. The van der Waals surface area contributed by atoms with Crippen molar-refractivity contribution in [2.24, 2.45) is 0 Å². The van der Waals surface area contributed by atoms with Crippen LogP contribution in [0.4, 0.5) is 0 Å². The zero-order valence-electron chi connectivity index (χ0n) is 9.16. The fourth-order valence-electron chi connectivity index (χ4n) is 1.18. The zero-order valence-corrected chi connectivity index (χ0v) is 9.16. The molecular weight excluding hydrogens is 188 g/mol. The molecule has 0 spiro atoms. The largest absolute Gasteiger partial charge is 0.479 e. The highest BCUT2D eigenvalue weighted by atomic mass is 16.5. The van der Waals surface area contributed by atoms with Crippen LogP contribution in [0.25, 0.3) is 0 Å². The summed E-state index contributed by atoms with van der Waals surface area (Å²) in [6, 6.07) is 10.2. The van der Waals surface area contributed by atoms with Crippen molar-refractivity contribution in [3.05, 3.63) is 29.8 Å². The quantitative estimate of drug-likeness (QED) is 0.798. The summed E-state index contributed by atoms with van der Waals surface area (Å²) in [7, 11) is 0. The number of nitriles is 1. The molecule has 0 amide bonds. The van der Waals surface area contributed by atoms with Crippen LogP contribution in [0.5, 0.6) is 5.75 Å². The van der Waals surface area contributed by atoms with Gasteiger partial charge < -0.3 is 10.1 Å². The molecular formula is C12H16N2O. The summed E-state index contributed by atoms with van der Waals surface area (Å²) in [6.45, 7) is 5.13. The average Bonchev–Trinajstić information content (AvgIpc) is 2.24. The van der Waals surface area contributed by atoms with Crippen LogP contribution < -0.4 is 10.1 Å². The van der Waals surface area contributed by atoms with E-state index in [1.807, 2.05) is 30.3 Å². The van der Waals surface area contributed by atoms with Crippen molar-refractivity contribution in [3.63, 3.8) is 0 Å². The zero-order chi connectivity index (χ0) is 11.1. The fourth-order valence-corrected chi connectivity index (χ4v) is 1.18. The van der Waals surface area contributed by atoms with Gasteiger partial charge in [-0.15, -0.1) is 0 Å². The molecule has 0 saturated carbocycles. The molecule has 3 nitrogen and oxygen atoms in total. The first-order valence-corrected chi connectivity index (χ1v) is 5.04. The maximum atomic E-state index is 8.39. The van der Waals surface area contributed by atoms with Gasteiger partial charge in [0.1, 0.15) is 11.8 Å². The molecule has 0 atom stereocenters. The highest BCUT2D eigenvalue weighted by Crippen LogP contribution is 2.12. The first kappa shape index (κ1) is 11.5. The van der Waals surface area contributed by atoms with E-state index in [0.29, 0.717) is 6.04 Å². The lowest BCUT2D eigenvalue weighted by Crippen LogP contribution is -2.21. The number of rotatable bonds is 5. The van der Waals surface area contributed by atoms with Gasteiger partial charge in [0.25, 0.3) is 0 Å². The highest BCUT2D eigenvalue weighted by molar-refractivity contribution is 5.28. The monoisotopic (exact) mass is 204 g/mol. The van der Waals surface area contributed by atoms with E-state index in [9.17, 15) is 0 Å². The van der Waals surface area contributed by atoms with E-state index in [4.69, 9.17) is 10.00 Å². The minimum Gasteiger partial charge on any atom is -0.479 e. The molecule has 3 heteroatoms. The molecule has 0 radical (unpaired) electrons. The standard InChI is InChI=1S/C12H16N2O/c1-10(2)14-9-11-4-3-5-12(8-11)15-7-6-13/h3-5,8,10,14H,7,9H2,1-2H3. The highest BCUT2D eigenvalue weighted by Gasteiger charge is 1.97. The smallest absolute Gasteiger partial charge is 0.174 e. The number of nitrogens with one attached hydrogen (secondary N) is 1.